The fourth-order valence-electron chi connectivity index (χ4n) is 10.1. The Labute approximate surface area is 508 Å². The minimum Gasteiger partial charge on any atom is -0.462 e. The molecule has 6 nitrogen and oxygen atoms in total. The highest BCUT2D eigenvalue weighted by Gasteiger charge is 2.19. The summed E-state index contributed by atoms with van der Waals surface area (Å²) in [5, 5.41) is 0. The summed E-state index contributed by atoms with van der Waals surface area (Å²) in [5.74, 6) is -0.886. The Morgan fingerprint density at radius 3 is 0.744 bits per heavy atom. The van der Waals surface area contributed by atoms with Gasteiger partial charge in [-0.05, 0) is 83.5 Å². The second-order valence-corrected chi connectivity index (χ2v) is 23.4. The van der Waals surface area contributed by atoms with Crippen LogP contribution >= 0.6 is 0 Å². The monoisotopic (exact) mass is 1140 g/mol. The first kappa shape index (κ1) is 78.3. The first-order valence-electron chi connectivity index (χ1n) is 35.2. The first-order chi connectivity index (χ1) is 40.5. The molecule has 0 saturated heterocycles. The highest BCUT2D eigenvalue weighted by Crippen LogP contribution is 2.18. The van der Waals surface area contributed by atoms with Gasteiger partial charge in [-0.1, -0.05) is 343 Å². The van der Waals surface area contributed by atoms with Crippen LogP contribution in [0.25, 0.3) is 0 Å². The van der Waals surface area contributed by atoms with Crippen molar-refractivity contribution in [1.29, 1.82) is 0 Å². The molecule has 0 aliphatic heterocycles. The summed E-state index contributed by atoms with van der Waals surface area (Å²) in [5.41, 5.74) is 0. The third-order valence-electron chi connectivity index (χ3n) is 15.4. The van der Waals surface area contributed by atoms with Gasteiger partial charge in [-0.15, -0.1) is 0 Å². The average Bonchev–Trinajstić information content (AvgIpc) is 3.47. The molecule has 0 spiro atoms. The molecule has 1 unspecified atom stereocenters. The number of rotatable bonds is 64. The number of ether oxygens (including phenoxy) is 3. The van der Waals surface area contributed by atoms with Gasteiger partial charge in [0.1, 0.15) is 13.2 Å². The number of carbonyl (C=O) groups is 3. The van der Waals surface area contributed by atoms with E-state index in [-0.39, 0.29) is 31.1 Å². The number of hydrogen-bond acceptors (Lipinski definition) is 6. The third-order valence-corrected chi connectivity index (χ3v) is 15.4. The van der Waals surface area contributed by atoms with E-state index in [2.05, 4.69) is 118 Å². The van der Waals surface area contributed by atoms with Crippen molar-refractivity contribution in [2.75, 3.05) is 13.2 Å². The second-order valence-electron chi connectivity index (χ2n) is 23.4. The molecular weight excluding hydrogens is 1010 g/mol. The standard InChI is InChI=1S/C76H132O6/c1-4-7-10-13-16-19-22-25-28-31-33-34-35-36-37-38-39-40-41-42-44-45-48-51-54-57-60-63-66-69-75(78)81-72-73(71-80-74(77)68-65-62-59-56-53-50-47-30-27-24-21-18-15-12-9-6-3)82-76(79)70-67-64-61-58-55-52-49-46-43-32-29-26-23-20-17-14-11-8-5-2/h7,10,16,19,25,28,33-34,36-37,39-40,42,44,48,51,73H,4-6,8-9,11-15,17-18,20-24,26-27,29-32,35,38,41,43,45-47,49-50,52-72H2,1-3H3/b10-7-,19-16-,28-25-,34-33-,37-36-,40-39-,44-42-,51-48-. The molecular formula is C76H132O6. The van der Waals surface area contributed by atoms with E-state index in [9.17, 15) is 14.4 Å². The number of hydrogen-bond donors (Lipinski definition) is 0. The molecule has 0 aliphatic rings. The van der Waals surface area contributed by atoms with Crippen LogP contribution in [-0.2, 0) is 28.6 Å². The van der Waals surface area contributed by atoms with Gasteiger partial charge < -0.3 is 14.2 Å². The summed E-state index contributed by atoms with van der Waals surface area (Å²) < 4.78 is 17.0. The van der Waals surface area contributed by atoms with Crippen molar-refractivity contribution >= 4 is 17.9 Å². The fourth-order valence-corrected chi connectivity index (χ4v) is 10.1. The van der Waals surface area contributed by atoms with Crippen LogP contribution in [0.5, 0.6) is 0 Å². The van der Waals surface area contributed by atoms with Crippen LogP contribution < -0.4 is 0 Å². The maximum atomic E-state index is 13.0. The van der Waals surface area contributed by atoms with Gasteiger partial charge in [0, 0.05) is 19.3 Å². The van der Waals surface area contributed by atoms with Gasteiger partial charge in [0.05, 0.1) is 0 Å². The van der Waals surface area contributed by atoms with Crippen molar-refractivity contribution < 1.29 is 28.6 Å². The normalized spacial score (nSPS) is 12.7. The van der Waals surface area contributed by atoms with Gasteiger partial charge in [-0.2, -0.15) is 0 Å². The molecule has 0 rings (SSSR count). The Bertz CT molecular complexity index is 1590. The van der Waals surface area contributed by atoms with E-state index >= 15 is 0 Å². The van der Waals surface area contributed by atoms with Gasteiger partial charge in [-0.3, -0.25) is 14.4 Å². The lowest BCUT2D eigenvalue weighted by Crippen LogP contribution is -2.30. The second kappa shape index (κ2) is 69.8. The molecule has 6 heteroatoms. The Morgan fingerprint density at radius 2 is 0.476 bits per heavy atom. The fraction of sp³-hybridized carbons (Fsp3) is 0.750. The molecule has 0 aromatic carbocycles. The van der Waals surface area contributed by atoms with Crippen LogP contribution in [0.15, 0.2) is 97.2 Å². The molecule has 0 aliphatic carbocycles. The third kappa shape index (κ3) is 67.1. The van der Waals surface area contributed by atoms with Gasteiger partial charge in [0.25, 0.3) is 0 Å². The van der Waals surface area contributed by atoms with Crippen LogP contribution in [-0.4, -0.2) is 37.2 Å². The SMILES string of the molecule is CC/C=C\C/C=C\C/C=C\C/C=C\C/C=C\C/C=C\C/C=C\C/C=C\CCCCCCC(=O)OCC(COC(=O)CCCCCCCCCCCCCCCCCC)OC(=O)CCCCCCCCCCCCCCCCCCCCC. The molecule has 472 valence electrons. The van der Waals surface area contributed by atoms with E-state index in [4.69, 9.17) is 14.2 Å². The van der Waals surface area contributed by atoms with Crippen LogP contribution in [0.1, 0.15) is 348 Å². The van der Waals surface area contributed by atoms with Crippen LogP contribution in [0.4, 0.5) is 0 Å². The van der Waals surface area contributed by atoms with Gasteiger partial charge in [0.15, 0.2) is 6.10 Å². The topological polar surface area (TPSA) is 78.9 Å². The molecule has 0 amide bonds. The molecule has 0 N–H and O–H groups in total. The van der Waals surface area contributed by atoms with E-state index in [1.54, 1.807) is 0 Å². The smallest absolute Gasteiger partial charge is 0.306 e. The van der Waals surface area contributed by atoms with Gasteiger partial charge >= 0.3 is 17.9 Å². The Hall–Kier alpha value is -3.67. The summed E-state index contributed by atoms with van der Waals surface area (Å²) >= 11 is 0. The number of carbonyl (C=O) groups excluding carboxylic acids is 3. The van der Waals surface area contributed by atoms with Crippen molar-refractivity contribution in [3.63, 3.8) is 0 Å². The Balaban J connectivity index is 4.38. The van der Waals surface area contributed by atoms with Crippen molar-refractivity contribution in [3.8, 4) is 0 Å². The Kier molecular flexibility index (Phi) is 66.7. The maximum absolute atomic E-state index is 13.0. The van der Waals surface area contributed by atoms with E-state index in [1.165, 1.54) is 186 Å². The van der Waals surface area contributed by atoms with Gasteiger partial charge in [0.2, 0.25) is 0 Å². The van der Waals surface area contributed by atoms with Crippen LogP contribution in [0.3, 0.4) is 0 Å². The number of esters is 3. The number of unbranched alkanes of at least 4 members (excludes halogenated alkanes) is 37. The molecule has 0 saturated carbocycles. The van der Waals surface area contributed by atoms with Crippen LogP contribution in [0, 0.1) is 0 Å². The van der Waals surface area contributed by atoms with E-state index in [0.717, 1.165) is 122 Å². The zero-order chi connectivity index (χ0) is 59.2. The lowest BCUT2D eigenvalue weighted by Gasteiger charge is -2.18. The lowest BCUT2D eigenvalue weighted by molar-refractivity contribution is -0.167. The predicted molar refractivity (Wildman–Crippen MR) is 357 cm³/mol. The quantitative estimate of drug-likeness (QED) is 0.0261. The Morgan fingerprint density at radius 1 is 0.256 bits per heavy atom. The average molecular weight is 1140 g/mol. The molecule has 1 atom stereocenters. The van der Waals surface area contributed by atoms with Gasteiger partial charge in [-0.25, -0.2) is 0 Å². The summed E-state index contributed by atoms with van der Waals surface area (Å²) in [6.45, 7) is 6.56. The molecule has 0 fully saturated rings. The minimum atomic E-state index is -0.787. The van der Waals surface area contributed by atoms with Crippen molar-refractivity contribution in [3.05, 3.63) is 97.2 Å². The first-order valence-corrected chi connectivity index (χ1v) is 35.2. The molecule has 82 heavy (non-hydrogen) atoms. The van der Waals surface area contributed by atoms with Crippen molar-refractivity contribution in [1.82, 2.24) is 0 Å². The lowest BCUT2D eigenvalue weighted by atomic mass is 10.0. The molecule has 0 heterocycles. The molecule has 0 aromatic heterocycles. The van der Waals surface area contributed by atoms with E-state index < -0.39 is 6.10 Å². The van der Waals surface area contributed by atoms with Crippen molar-refractivity contribution in [2.45, 2.75) is 354 Å². The van der Waals surface area contributed by atoms with Crippen LogP contribution in [0.2, 0.25) is 0 Å². The minimum absolute atomic E-state index is 0.0807. The van der Waals surface area contributed by atoms with E-state index in [1.807, 2.05) is 0 Å². The molecule has 0 aromatic rings. The highest BCUT2D eigenvalue weighted by atomic mass is 16.6. The predicted octanol–water partition coefficient (Wildman–Crippen LogP) is 24.4. The summed E-state index contributed by atoms with van der Waals surface area (Å²) in [6.07, 6.45) is 94.2. The zero-order valence-corrected chi connectivity index (χ0v) is 54.2. The zero-order valence-electron chi connectivity index (χ0n) is 54.2. The number of allylic oxidation sites excluding steroid dienone is 16. The molecule has 0 bridgehead atoms. The van der Waals surface area contributed by atoms with Crippen molar-refractivity contribution in [2.24, 2.45) is 0 Å². The molecule has 0 radical (unpaired) electrons. The maximum Gasteiger partial charge on any atom is 0.306 e. The summed E-state index contributed by atoms with van der Waals surface area (Å²) in [7, 11) is 0. The summed E-state index contributed by atoms with van der Waals surface area (Å²) in [6, 6.07) is 0. The summed E-state index contributed by atoms with van der Waals surface area (Å²) in [4.78, 5) is 38.5. The van der Waals surface area contributed by atoms with E-state index in [0.29, 0.717) is 19.3 Å². The highest BCUT2D eigenvalue weighted by molar-refractivity contribution is 5.71. The largest absolute Gasteiger partial charge is 0.462 e.